The molecular formula is C35H58N4O9. The van der Waals surface area contributed by atoms with Gasteiger partial charge in [-0.1, -0.05) is 72.6 Å². The van der Waals surface area contributed by atoms with E-state index < -0.39 is 71.6 Å². The molecule has 0 aromatic carbocycles. The van der Waals surface area contributed by atoms with Crippen molar-refractivity contribution in [1.29, 1.82) is 0 Å². The molecule has 13 nitrogen and oxygen atoms in total. The first-order valence-corrected chi connectivity index (χ1v) is 17.4. The molecule has 4 amide bonds. The third-order valence-electron chi connectivity index (χ3n) is 10.2. The fourth-order valence-corrected chi connectivity index (χ4v) is 7.37. The maximum atomic E-state index is 14.6. The Bertz CT molecular complexity index is 1210. The fourth-order valence-electron chi connectivity index (χ4n) is 7.37. The minimum Gasteiger partial charge on any atom is -0.468 e. The molecule has 3 fully saturated rings. The van der Waals surface area contributed by atoms with Crippen molar-refractivity contribution in [3.05, 3.63) is 0 Å². The lowest BCUT2D eigenvalue weighted by molar-refractivity contribution is -0.157. The number of alkyl carbamates (subject to hydrolysis) is 1. The number of carbonyl (C=O) groups is 6. The number of piperidine rings is 1. The number of carbonyl (C=O) groups excluding carboxylic acids is 6. The average Bonchev–Trinajstić information content (AvgIpc) is 3.29. The number of fused-ring (bicyclic) bond motifs is 3. The Labute approximate surface area is 285 Å². The van der Waals surface area contributed by atoms with Crippen molar-refractivity contribution in [2.45, 2.75) is 143 Å². The highest BCUT2D eigenvalue weighted by molar-refractivity contribution is 5.94. The van der Waals surface area contributed by atoms with E-state index in [1.807, 2.05) is 13.8 Å². The molecule has 2 heterocycles. The maximum absolute atomic E-state index is 14.6. The van der Waals surface area contributed by atoms with Crippen molar-refractivity contribution in [3.8, 4) is 0 Å². The quantitative estimate of drug-likeness (QED) is 0.281. The number of hydrogen-bond donors (Lipinski definition) is 3. The van der Waals surface area contributed by atoms with Gasteiger partial charge in [0.25, 0.3) is 5.91 Å². The van der Waals surface area contributed by atoms with Crippen LogP contribution in [0.5, 0.6) is 0 Å². The second-order valence-electron chi connectivity index (χ2n) is 15.9. The normalized spacial score (nSPS) is 28.4. The van der Waals surface area contributed by atoms with Crippen LogP contribution in [0, 0.1) is 22.7 Å². The van der Waals surface area contributed by atoms with Crippen LogP contribution < -0.4 is 16.0 Å². The summed E-state index contributed by atoms with van der Waals surface area (Å²) >= 11 is 0. The van der Waals surface area contributed by atoms with Crippen molar-refractivity contribution >= 4 is 35.8 Å². The van der Waals surface area contributed by atoms with E-state index in [9.17, 15) is 28.8 Å². The summed E-state index contributed by atoms with van der Waals surface area (Å²) in [5.74, 6) is -3.02. The van der Waals surface area contributed by atoms with Crippen molar-refractivity contribution in [1.82, 2.24) is 20.9 Å². The van der Waals surface area contributed by atoms with Crippen LogP contribution >= 0.6 is 0 Å². The highest BCUT2D eigenvalue weighted by atomic mass is 16.6. The van der Waals surface area contributed by atoms with Crippen molar-refractivity contribution in [3.63, 3.8) is 0 Å². The molecule has 1 saturated carbocycles. The van der Waals surface area contributed by atoms with Crippen molar-refractivity contribution in [2.24, 2.45) is 22.7 Å². The molecule has 0 spiro atoms. The molecule has 1 unspecified atom stereocenters. The molecule has 0 aromatic rings. The minimum atomic E-state index is -1.41. The molecule has 6 atom stereocenters. The molecule has 0 aromatic heterocycles. The van der Waals surface area contributed by atoms with Crippen LogP contribution in [-0.2, 0) is 38.2 Å². The van der Waals surface area contributed by atoms with Crippen LogP contribution in [0.4, 0.5) is 4.79 Å². The van der Waals surface area contributed by atoms with E-state index in [0.717, 1.165) is 38.5 Å². The molecule has 3 N–H and O–H groups in total. The molecule has 0 radical (unpaired) electrons. The third-order valence-corrected chi connectivity index (χ3v) is 10.2. The van der Waals surface area contributed by atoms with Crippen LogP contribution in [0.15, 0.2) is 0 Å². The average molecular weight is 679 g/mol. The van der Waals surface area contributed by atoms with E-state index >= 15 is 0 Å². The predicted molar refractivity (Wildman–Crippen MR) is 177 cm³/mol. The summed E-state index contributed by atoms with van der Waals surface area (Å²) in [7, 11) is 1.19. The van der Waals surface area contributed by atoms with Gasteiger partial charge in [0.2, 0.25) is 11.8 Å². The molecule has 3 aliphatic rings. The lowest BCUT2D eigenvalue weighted by Crippen LogP contribution is -2.61. The first kappa shape index (κ1) is 39.1. The Hall–Kier alpha value is -3.38. The molecule has 1 aliphatic carbocycles. The van der Waals surface area contributed by atoms with Gasteiger partial charge in [0.05, 0.1) is 13.2 Å². The van der Waals surface area contributed by atoms with Gasteiger partial charge in [0.15, 0.2) is 6.10 Å². The zero-order valence-electron chi connectivity index (χ0n) is 30.4. The van der Waals surface area contributed by atoms with Crippen molar-refractivity contribution < 1.29 is 43.0 Å². The summed E-state index contributed by atoms with van der Waals surface area (Å²) in [6.45, 7) is 14.4. The Balaban J connectivity index is 2.00. The van der Waals surface area contributed by atoms with Gasteiger partial charge in [-0.3, -0.25) is 24.0 Å². The number of ether oxygens (including phenoxy) is 3. The van der Waals surface area contributed by atoms with Crippen LogP contribution in [-0.4, -0.2) is 90.7 Å². The Kier molecular flexibility index (Phi) is 12.9. The lowest BCUT2D eigenvalue weighted by atomic mass is 9.78. The Morgan fingerprint density at radius 2 is 1.58 bits per heavy atom. The first-order chi connectivity index (χ1) is 22.3. The summed E-state index contributed by atoms with van der Waals surface area (Å²) < 4.78 is 15.7. The highest BCUT2D eigenvalue weighted by Gasteiger charge is 2.70. The molecule has 272 valence electrons. The third kappa shape index (κ3) is 10.1. The minimum absolute atomic E-state index is 0.0687. The molecule has 13 heteroatoms. The number of nitrogens with zero attached hydrogens (tertiary/aromatic N) is 1. The summed E-state index contributed by atoms with van der Waals surface area (Å²) in [6.07, 6.45) is 5.23. The van der Waals surface area contributed by atoms with Crippen LogP contribution in [0.25, 0.3) is 0 Å². The van der Waals surface area contributed by atoms with Gasteiger partial charge in [-0.05, 0) is 56.3 Å². The van der Waals surface area contributed by atoms with Gasteiger partial charge in [-0.2, -0.15) is 0 Å². The van der Waals surface area contributed by atoms with E-state index in [4.69, 9.17) is 9.47 Å². The topological polar surface area (TPSA) is 169 Å². The monoisotopic (exact) mass is 678 g/mol. The number of amides is 4. The van der Waals surface area contributed by atoms with Gasteiger partial charge in [-0.15, -0.1) is 0 Å². The summed E-state index contributed by atoms with van der Waals surface area (Å²) in [5, 5.41) is 8.31. The fraction of sp³-hybridized carbons (Fsp3) is 0.829. The van der Waals surface area contributed by atoms with Gasteiger partial charge < -0.3 is 35.1 Å². The Morgan fingerprint density at radius 1 is 0.979 bits per heavy atom. The summed E-state index contributed by atoms with van der Waals surface area (Å²) in [6, 6.07) is -2.74. The number of methoxy groups -OCH3 is 1. The largest absolute Gasteiger partial charge is 0.468 e. The van der Waals surface area contributed by atoms with Crippen LogP contribution in [0.2, 0.25) is 0 Å². The number of hydrogen-bond acceptors (Lipinski definition) is 9. The lowest BCUT2D eigenvalue weighted by Gasteiger charge is -2.40. The molecule has 2 aliphatic heterocycles. The van der Waals surface area contributed by atoms with Crippen LogP contribution in [0.1, 0.15) is 113 Å². The number of esters is 2. The molecule has 0 bridgehead atoms. The van der Waals surface area contributed by atoms with E-state index in [1.165, 1.54) is 14.0 Å². The second kappa shape index (κ2) is 15.9. The number of rotatable bonds is 6. The van der Waals surface area contributed by atoms with Crippen LogP contribution in [0.3, 0.4) is 0 Å². The highest BCUT2D eigenvalue weighted by Crippen LogP contribution is 2.65. The predicted octanol–water partition coefficient (Wildman–Crippen LogP) is 3.62. The number of nitrogens with one attached hydrogen (secondary N) is 3. The zero-order valence-corrected chi connectivity index (χ0v) is 30.4. The first-order valence-electron chi connectivity index (χ1n) is 17.4. The maximum Gasteiger partial charge on any atom is 0.408 e. The smallest absolute Gasteiger partial charge is 0.408 e. The van der Waals surface area contributed by atoms with E-state index in [2.05, 4.69) is 34.5 Å². The van der Waals surface area contributed by atoms with E-state index in [1.54, 1.807) is 25.7 Å². The molecule has 48 heavy (non-hydrogen) atoms. The van der Waals surface area contributed by atoms with Gasteiger partial charge in [0, 0.05) is 13.5 Å². The molecule has 3 rings (SSSR count). The van der Waals surface area contributed by atoms with Gasteiger partial charge in [-0.25, -0.2) is 4.79 Å². The summed E-state index contributed by atoms with van der Waals surface area (Å²) in [5.41, 5.74) is -1.62. The summed E-state index contributed by atoms with van der Waals surface area (Å²) in [4.78, 5) is 80.8. The standard InChI is InChI=1S/C35H58N4O9/c1-21(40)47-27(30(43)36-19-24(41)46-9)23-17-15-13-11-10-12-14-16-18-34(5,6)28(38-32(45)48-33(2,3)4)31(44)39-20-22-25(35(22,7)8)26(39)29(42)37-23/h22-23,25-28H,10-20H2,1-9H3,(H,36,43)(H,37,42)(H,38,45)/t22-,23-,25-,26-,27?,28+/m0/s1. The second-order valence-corrected chi connectivity index (χ2v) is 15.9. The van der Waals surface area contributed by atoms with Gasteiger partial charge in [0.1, 0.15) is 24.2 Å². The molecule has 2 saturated heterocycles. The zero-order chi connectivity index (χ0) is 36.0. The molecular weight excluding hydrogens is 620 g/mol. The SMILES string of the molecule is COC(=O)CNC(=O)C(OC(C)=O)[C@@H]1CCCCCCCCCC(C)(C)[C@H](NC(=O)OC(C)(C)C)C(=O)N2C[C@H]3[C@@H]([C@H]2C(=O)N1)C3(C)C. The van der Waals surface area contributed by atoms with Crippen molar-refractivity contribution in [2.75, 3.05) is 20.2 Å². The Morgan fingerprint density at radius 3 is 2.17 bits per heavy atom. The van der Waals surface area contributed by atoms with Gasteiger partial charge >= 0.3 is 18.0 Å². The van der Waals surface area contributed by atoms with E-state index in [0.29, 0.717) is 25.8 Å². The van der Waals surface area contributed by atoms with E-state index in [-0.39, 0.29) is 23.2 Å².